The number of rotatable bonds is 0. The van der Waals surface area contributed by atoms with Crippen molar-refractivity contribution in [3.63, 3.8) is 0 Å². The summed E-state index contributed by atoms with van der Waals surface area (Å²) in [5.74, 6) is 0. The van der Waals surface area contributed by atoms with Gasteiger partial charge in [0.05, 0.1) is 0 Å². The van der Waals surface area contributed by atoms with Gasteiger partial charge in [-0.15, -0.1) is 0 Å². The van der Waals surface area contributed by atoms with Crippen LogP contribution in [0.2, 0.25) is 0 Å². The summed E-state index contributed by atoms with van der Waals surface area (Å²) in [6.45, 7) is 0. The summed E-state index contributed by atoms with van der Waals surface area (Å²) < 4.78 is 0. The maximum atomic E-state index is 0. The molecule has 0 spiro atoms. The Morgan fingerprint density at radius 2 is 1.00 bits per heavy atom. The Labute approximate surface area is 90.1 Å². The molecule has 0 aliphatic rings. The van der Waals surface area contributed by atoms with E-state index >= 15 is 0 Å². The maximum absolute atomic E-state index is 0. The molecule has 0 atom stereocenters. The fourth-order valence-corrected chi connectivity index (χ4v) is 0. The van der Waals surface area contributed by atoms with E-state index in [0.29, 0.717) is 0 Å². The minimum atomic E-state index is 0. The van der Waals surface area contributed by atoms with Crippen molar-refractivity contribution in [1.82, 2.24) is 0 Å². The zero-order valence-corrected chi connectivity index (χ0v) is 12.3. The van der Waals surface area contributed by atoms with Crippen molar-refractivity contribution in [2.24, 2.45) is 0 Å². The molecule has 0 aliphatic heterocycles. The van der Waals surface area contributed by atoms with Gasteiger partial charge < -0.3 is 0 Å². The molecule has 12 radical (unpaired) electrons. The Hall–Kier alpha value is 3.03. The molecule has 4 heavy (non-hydrogen) atoms. The van der Waals surface area contributed by atoms with Crippen LogP contribution < -0.4 is 0 Å². The molecule has 0 bridgehead atoms. The Bertz CT molecular complexity index is 8.00. The topological polar surface area (TPSA) is 0 Å². The standard InChI is InChI=1S/Bi.Ge.Sb.Te. The second-order valence-corrected chi connectivity index (χ2v) is 0. The molecule has 0 aromatic carbocycles. The zero-order chi connectivity index (χ0) is 0. The zero-order valence-electron chi connectivity index (χ0n) is 1.80. The molecule has 4 heteroatoms. The number of hydrogen-bond acceptors (Lipinski definition) is 0. The van der Waals surface area contributed by atoms with Crippen molar-refractivity contribution in [2.75, 3.05) is 0 Å². The summed E-state index contributed by atoms with van der Waals surface area (Å²) in [5.41, 5.74) is 0. The molecular formula is BiGeSbTe. The molecule has 0 saturated carbocycles. The third-order valence-electron chi connectivity index (χ3n) is 0. The summed E-state index contributed by atoms with van der Waals surface area (Å²) in [6, 6.07) is 0. The molecule has 0 heterocycles. The van der Waals surface area contributed by atoms with E-state index in [4.69, 9.17) is 0 Å². The van der Waals surface area contributed by atoms with Gasteiger partial charge >= 0.3 is 0 Å². The van der Waals surface area contributed by atoms with Gasteiger partial charge in [0.15, 0.2) is 0 Å². The van der Waals surface area contributed by atoms with Gasteiger partial charge in [0.2, 0.25) is 0 Å². The van der Waals surface area contributed by atoms with Crippen LogP contribution in [-0.4, -0.2) is 91.9 Å². The van der Waals surface area contributed by atoms with Crippen LogP contribution in [0.1, 0.15) is 0 Å². The van der Waals surface area contributed by atoms with E-state index < -0.39 is 0 Å². The summed E-state index contributed by atoms with van der Waals surface area (Å²) in [6.07, 6.45) is 0. The molecule has 0 nitrogen and oxygen atoms in total. The second kappa shape index (κ2) is 16.6. The van der Waals surface area contributed by atoms with Crippen LogP contribution in [0.4, 0.5) is 0 Å². The summed E-state index contributed by atoms with van der Waals surface area (Å²) in [4.78, 5) is 0. The Morgan fingerprint density at radius 3 is 1.00 bits per heavy atom. The predicted molar refractivity (Wildman–Crippen MR) is 23.0 cm³/mol. The average molecular weight is 531 g/mol. The summed E-state index contributed by atoms with van der Waals surface area (Å²) in [5, 5.41) is 0. The molecule has 0 amide bonds. The van der Waals surface area contributed by atoms with Crippen LogP contribution in [0.5, 0.6) is 0 Å². The Morgan fingerprint density at radius 1 is 1.00 bits per heavy atom. The van der Waals surface area contributed by atoms with Crippen LogP contribution in [0, 0.1) is 0 Å². The van der Waals surface area contributed by atoms with Gasteiger partial charge in [-0.05, 0) is 0 Å². The molecule has 0 saturated heterocycles. The van der Waals surface area contributed by atoms with Crippen LogP contribution in [0.25, 0.3) is 0 Å². The van der Waals surface area contributed by atoms with Crippen LogP contribution in [0.15, 0.2) is 0 Å². The van der Waals surface area contributed by atoms with Gasteiger partial charge in [-0.1, -0.05) is 0 Å². The second-order valence-electron chi connectivity index (χ2n) is 0. The van der Waals surface area contributed by atoms with E-state index in [-0.39, 0.29) is 91.9 Å². The van der Waals surface area contributed by atoms with Crippen LogP contribution in [-0.2, 0) is 0 Å². The van der Waals surface area contributed by atoms with Gasteiger partial charge in [0.1, 0.15) is 0 Å². The molecule has 0 fully saturated rings. The Kier molecular flexibility index (Phi) is 116. The quantitative estimate of drug-likeness (QED) is 0.334. The van der Waals surface area contributed by atoms with Gasteiger partial charge in [0, 0.05) is 91.9 Å². The van der Waals surface area contributed by atoms with E-state index in [2.05, 4.69) is 0 Å². The third-order valence-corrected chi connectivity index (χ3v) is 0. The summed E-state index contributed by atoms with van der Waals surface area (Å²) in [7, 11) is 0. The maximum Gasteiger partial charge on any atom is 0 e. The normalized spacial score (nSPS) is 0. The van der Waals surface area contributed by atoms with E-state index in [1.54, 1.807) is 0 Å². The van der Waals surface area contributed by atoms with Crippen molar-refractivity contribution in [2.45, 2.75) is 0 Å². The third kappa shape index (κ3) is 8.90. The molecule has 0 rings (SSSR count). The molecule has 0 N–H and O–H groups in total. The van der Waals surface area contributed by atoms with Gasteiger partial charge in [-0.2, -0.15) is 0 Å². The molecule has 20 valence electrons. The van der Waals surface area contributed by atoms with E-state index in [1.807, 2.05) is 0 Å². The molecule has 0 aromatic heterocycles. The first kappa shape index (κ1) is 27.8. The minimum absolute atomic E-state index is 0. The molecule has 0 unspecified atom stereocenters. The van der Waals surface area contributed by atoms with Gasteiger partial charge in [-0.3, -0.25) is 0 Å². The van der Waals surface area contributed by atoms with Crippen molar-refractivity contribution in [3.8, 4) is 0 Å². The van der Waals surface area contributed by atoms with Gasteiger partial charge in [-0.25, -0.2) is 0 Å². The Balaban J connectivity index is 0. The van der Waals surface area contributed by atoms with Gasteiger partial charge in [0.25, 0.3) is 0 Å². The fourth-order valence-electron chi connectivity index (χ4n) is 0. The fraction of sp³-hybridized carbons (Fsp3) is 0. The molecule has 0 aliphatic carbocycles. The predicted octanol–water partition coefficient (Wildman–Crippen LogP) is -1.52. The summed E-state index contributed by atoms with van der Waals surface area (Å²) >= 11 is 0. The van der Waals surface area contributed by atoms with E-state index in [0.717, 1.165) is 0 Å². The van der Waals surface area contributed by atoms with Crippen molar-refractivity contribution >= 4 is 91.9 Å². The van der Waals surface area contributed by atoms with E-state index in [1.165, 1.54) is 0 Å². The SMILES string of the molecule is [Bi].[Ge].[Sb].[Te]. The van der Waals surface area contributed by atoms with Crippen molar-refractivity contribution < 1.29 is 0 Å². The monoisotopic (exact) mass is 534 g/mol. The molecule has 0 aromatic rings. The first-order valence-electron chi connectivity index (χ1n) is 0. The van der Waals surface area contributed by atoms with Crippen molar-refractivity contribution in [3.05, 3.63) is 0 Å². The first-order chi connectivity index (χ1) is 0. The number of hydrogen-bond donors (Lipinski definition) is 0. The first-order valence-corrected chi connectivity index (χ1v) is 0. The van der Waals surface area contributed by atoms with Crippen LogP contribution >= 0.6 is 0 Å². The largest absolute Gasteiger partial charge is 0 e. The minimum Gasteiger partial charge on any atom is 0 e. The van der Waals surface area contributed by atoms with Crippen LogP contribution in [0.3, 0.4) is 0 Å². The smallest absolute Gasteiger partial charge is 0 e. The van der Waals surface area contributed by atoms with E-state index in [9.17, 15) is 0 Å². The van der Waals surface area contributed by atoms with Crippen molar-refractivity contribution in [1.29, 1.82) is 0 Å². The average Bonchev–Trinajstić information content (AvgIpc) is 0. The molecular weight excluding hydrogens is 531 g/mol.